The maximum absolute atomic E-state index is 13.5. The van der Waals surface area contributed by atoms with Gasteiger partial charge >= 0.3 is 0 Å². The molecule has 0 spiro atoms. The zero-order valence-corrected chi connectivity index (χ0v) is 23.2. The van der Waals surface area contributed by atoms with Gasteiger partial charge in [-0.25, -0.2) is 4.98 Å². The maximum atomic E-state index is 13.5. The topological polar surface area (TPSA) is 36.4 Å². The summed E-state index contributed by atoms with van der Waals surface area (Å²) in [6.07, 6.45) is 3.95. The molecule has 4 nitrogen and oxygen atoms in total. The van der Waals surface area contributed by atoms with E-state index in [4.69, 9.17) is 4.98 Å². The fourth-order valence-electron chi connectivity index (χ4n) is 4.73. The molecule has 4 heterocycles. The van der Waals surface area contributed by atoms with E-state index in [1.54, 1.807) is 34.0 Å². The van der Waals surface area contributed by atoms with Crippen molar-refractivity contribution in [3.05, 3.63) is 79.4 Å². The van der Waals surface area contributed by atoms with Gasteiger partial charge in [-0.05, 0) is 67.8 Å². The Labute approximate surface area is 225 Å². The molecule has 0 aliphatic carbocycles. The number of amides is 1. The van der Waals surface area contributed by atoms with E-state index in [1.165, 1.54) is 16.3 Å². The average molecular weight is 534 g/mol. The molecule has 0 saturated carbocycles. The fourth-order valence-corrected chi connectivity index (χ4v) is 7.12. The number of nitrogens with zero attached hydrogens (tertiary/aromatic N) is 3. The van der Waals surface area contributed by atoms with Crippen LogP contribution in [0.3, 0.4) is 0 Å². The van der Waals surface area contributed by atoms with Crippen LogP contribution < -0.4 is 4.90 Å². The molecule has 36 heavy (non-hydrogen) atoms. The van der Waals surface area contributed by atoms with Gasteiger partial charge in [0.05, 0.1) is 16.3 Å². The number of benzene rings is 1. The Morgan fingerprint density at radius 2 is 1.72 bits per heavy atom. The van der Waals surface area contributed by atoms with Crippen LogP contribution in [0.1, 0.15) is 47.4 Å². The van der Waals surface area contributed by atoms with Crippen LogP contribution >= 0.6 is 34.0 Å². The third-order valence-corrected chi connectivity index (χ3v) is 9.52. The second kappa shape index (κ2) is 11.5. The van der Waals surface area contributed by atoms with Gasteiger partial charge in [0.2, 0.25) is 0 Å². The number of likely N-dealkylation sites (tertiary alicyclic amines) is 1. The summed E-state index contributed by atoms with van der Waals surface area (Å²) in [5.41, 5.74) is 4.28. The largest absolute Gasteiger partial charge is 0.372 e. The number of carbonyl (C=O) groups excluding carboxylic acids is 1. The number of hydrogen-bond donors (Lipinski definition) is 0. The fraction of sp³-hybridized carbons (Fsp3) is 0.310. The van der Waals surface area contributed by atoms with Gasteiger partial charge in [-0.3, -0.25) is 4.79 Å². The predicted octanol–water partition coefficient (Wildman–Crippen LogP) is 7.73. The number of hydrogen-bond acceptors (Lipinski definition) is 6. The molecule has 1 fully saturated rings. The van der Waals surface area contributed by atoms with E-state index < -0.39 is 0 Å². The Morgan fingerprint density at radius 1 is 1.00 bits per heavy atom. The van der Waals surface area contributed by atoms with Crippen molar-refractivity contribution in [3.63, 3.8) is 0 Å². The first-order chi connectivity index (χ1) is 17.7. The normalized spacial score (nSPS) is 14.8. The van der Waals surface area contributed by atoms with Crippen molar-refractivity contribution in [3.8, 4) is 11.3 Å². The van der Waals surface area contributed by atoms with Gasteiger partial charge in [0.25, 0.3) is 5.91 Å². The lowest BCUT2D eigenvalue weighted by Gasteiger charge is -2.31. The highest BCUT2D eigenvalue weighted by atomic mass is 32.1. The summed E-state index contributed by atoms with van der Waals surface area (Å²) in [6.45, 7) is 7.93. The van der Waals surface area contributed by atoms with E-state index in [-0.39, 0.29) is 5.91 Å². The van der Waals surface area contributed by atoms with Crippen LogP contribution in [0, 0.1) is 0 Å². The molecule has 0 bridgehead atoms. The first kappa shape index (κ1) is 24.9. The lowest BCUT2D eigenvalue weighted by Crippen LogP contribution is -2.38. The Hall–Kier alpha value is -2.74. The second-order valence-electron chi connectivity index (χ2n) is 8.91. The lowest BCUT2D eigenvalue weighted by molar-refractivity contribution is -0.125. The Bertz CT molecular complexity index is 1280. The highest BCUT2D eigenvalue weighted by Gasteiger charge is 2.28. The van der Waals surface area contributed by atoms with Crippen molar-refractivity contribution in [2.45, 2.75) is 32.6 Å². The molecule has 0 unspecified atom stereocenters. The van der Waals surface area contributed by atoms with Crippen LogP contribution in [0.4, 0.5) is 5.69 Å². The van der Waals surface area contributed by atoms with Gasteiger partial charge in [-0.2, -0.15) is 0 Å². The van der Waals surface area contributed by atoms with E-state index in [2.05, 4.69) is 59.8 Å². The van der Waals surface area contributed by atoms with Gasteiger partial charge in [-0.1, -0.05) is 24.3 Å². The van der Waals surface area contributed by atoms with Crippen molar-refractivity contribution < 1.29 is 4.79 Å². The van der Waals surface area contributed by atoms with Crippen molar-refractivity contribution in [1.82, 2.24) is 9.88 Å². The number of aromatic nitrogens is 1. The summed E-state index contributed by atoms with van der Waals surface area (Å²) in [7, 11) is 0. The highest BCUT2D eigenvalue weighted by molar-refractivity contribution is 7.12. The molecule has 0 atom stereocenters. The molecular weight excluding hydrogens is 503 g/mol. The first-order valence-electron chi connectivity index (χ1n) is 12.6. The van der Waals surface area contributed by atoms with E-state index in [0.717, 1.165) is 60.0 Å². The van der Waals surface area contributed by atoms with Crippen molar-refractivity contribution >= 4 is 57.3 Å². The van der Waals surface area contributed by atoms with E-state index in [9.17, 15) is 4.79 Å². The van der Waals surface area contributed by atoms with Crippen LogP contribution in [0.5, 0.6) is 0 Å². The van der Waals surface area contributed by atoms with Gasteiger partial charge in [0.15, 0.2) is 0 Å². The number of rotatable bonds is 8. The Kier molecular flexibility index (Phi) is 7.99. The molecule has 1 amide bonds. The molecule has 5 rings (SSSR count). The van der Waals surface area contributed by atoms with Gasteiger partial charge < -0.3 is 9.80 Å². The molecule has 7 heteroatoms. The summed E-state index contributed by atoms with van der Waals surface area (Å²) in [4.78, 5) is 25.1. The summed E-state index contributed by atoms with van der Waals surface area (Å²) in [6, 6.07) is 16.9. The van der Waals surface area contributed by atoms with E-state index in [0.29, 0.717) is 5.92 Å². The van der Waals surface area contributed by atoms with E-state index in [1.807, 2.05) is 34.6 Å². The van der Waals surface area contributed by atoms with Gasteiger partial charge in [0, 0.05) is 58.5 Å². The summed E-state index contributed by atoms with van der Waals surface area (Å²) < 4.78 is 0. The number of anilines is 1. The maximum Gasteiger partial charge on any atom is 0.255 e. The minimum absolute atomic E-state index is 0.136. The summed E-state index contributed by atoms with van der Waals surface area (Å²) >= 11 is 5.04. The number of piperidine rings is 1. The molecule has 0 radical (unpaired) electrons. The molecule has 1 aromatic carbocycles. The predicted molar refractivity (Wildman–Crippen MR) is 156 cm³/mol. The molecule has 1 aliphatic heterocycles. The monoisotopic (exact) mass is 533 g/mol. The molecule has 4 aromatic rings. The zero-order chi connectivity index (χ0) is 24.9. The Balaban J connectivity index is 1.24. The van der Waals surface area contributed by atoms with Crippen LogP contribution in [0.25, 0.3) is 22.9 Å². The summed E-state index contributed by atoms with van der Waals surface area (Å²) in [5.74, 6) is 0.548. The van der Waals surface area contributed by atoms with Crippen LogP contribution in [0.2, 0.25) is 0 Å². The van der Waals surface area contributed by atoms with Crippen molar-refractivity contribution in [2.24, 2.45) is 0 Å². The van der Waals surface area contributed by atoms with Crippen LogP contribution in [0.15, 0.2) is 64.7 Å². The lowest BCUT2D eigenvalue weighted by atomic mass is 9.96. The third kappa shape index (κ3) is 5.48. The van der Waals surface area contributed by atoms with E-state index >= 15 is 0 Å². The molecule has 0 N–H and O–H groups in total. The molecule has 3 aromatic heterocycles. The van der Waals surface area contributed by atoms with Gasteiger partial charge in [0.1, 0.15) is 0 Å². The molecule has 1 saturated heterocycles. The Morgan fingerprint density at radius 3 is 2.36 bits per heavy atom. The smallest absolute Gasteiger partial charge is 0.255 e. The second-order valence-corrected chi connectivity index (χ2v) is 11.7. The highest BCUT2D eigenvalue weighted by Crippen LogP contribution is 2.35. The minimum atomic E-state index is 0.136. The molecule has 1 aliphatic rings. The first-order valence-corrected chi connectivity index (χ1v) is 15.2. The quantitative estimate of drug-likeness (QED) is 0.218. The SMILES string of the molecule is CCN(CC)c1ccc(-c2csc(C3CCN(C(=O)/C(=C/c4cccs4)c4cccs4)CC3)n2)cc1. The molecule has 186 valence electrons. The molecular formula is C29H31N3OS3. The number of thiophene rings is 2. The van der Waals surface area contributed by atoms with Crippen LogP contribution in [-0.4, -0.2) is 42.0 Å². The van der Waals surface area contributed by atoms with Crippen molar-refractivity contribution in [1.29, 1.82) is 0 Å². The minimum Gasteiger partial charge on any atom is -0.372 e. The number of thiazole rings is 1. The van der Waals surface area contributed by atoms with Gasteiger partial charge in [-0.15, -0.1) is 34.0 Å². The third-order valence-electron chi connectivity index (χ3n) is 6.79. The number of carbonyl (C=O) groups is 1. The zero-order valence-electron chi connectivity index (χ0n) is 20.7. The standard InChI is InChI=1S/C29H31N3OS3/c1-3-31(4-2)23-11-9-21(10-12-23)26-20-36-28(30-26)22-13-15-32(16-14-22)29(33)25(27-8-6-18-35-27)19-24-7-5-17-34-24/h5-12,17-20,22H,3-4,13-16H2,1-2H3/b25-19+. The van der Waals surface area contributed by atoms with Crippen LogP contribution in [-0.2, 0) is 4.79 Å². The van der Waals surface area contributed by atoms with Crippen molar-refractivity contribution in [2.75, 3.05) is 31.1 Å². The average Bonchev–Trinajstić information content (AvgIpc) is 3.71. The summed E-state index contributed by atoms with van der Waals surface area (Å²) in [5, 5.41) is 7.46.